The second kappa shape index (κ2) is 5.71. The van der Waals surface area contributed by atoms with Gasteiger partial charge in [-0.3, -0.25) is 0 Å². The van der Waals surface area contributed by atoms with Gasteiger partial charge in [0.15, 0.2) is 9.84 Å². The first-order valence-electron chi connectivity index (χ1n) is 5.57. The fourth-order valence-electron chi connectivity index (χ4n) is 1.63. The molecule has 0 heterocycles. The molecule has 6 heteroatoms. The van der Waals surface area contributed by atoms with Gasteiger partial charge in [0.05, 0.1) is 20.7 Å². The predicted octanol–water partition coefficient (Wildman–Crippen LogP) is 3.00. The maximum Gasteiger partial charge on any atom is 0.335 e. The fraction of sp³-hybridized carbons (Fsp3) is 0.417. The van der Waals surface area contributed by atoms with Crippen LogP contribution in [-0.2, 0) is 9.84 Å². The van der Waals surface area contributed by atoms with Crippen molar-refractivity contribution in [2.45, 2.75) is 36.8 Å². The van der Waals surface area contributed by atoms with Crippen LogP contribution < -0.4 is 0 Å². The van der Waals surface area contributed by atoms with Crippen LogP contribution in [0.1, 0.15) is 37.0 Å². The topological polar surface area (TPSA) is 71.4 Å². The van der Waals surface area contributed by atoms with E-state index in [2.05, 4.69) is 0 Å². The zero-order valence-electron chi connectivity index (χ0n) is 10.2. The molecule has 1 rings (SSSR count). The van der Waals surface area contributed by atoms with Gasteiger partial charge in [0, 0.05) is 0 Å². The number of halogens is 1. The molecule has 18 heavy (non-hydrogen) atoms. The number of sulfone groups is 1. The van der Waals surface area contributed by atoms with Gasteiger partial charge in [0.25, 0.3) is 0 Å². The number of hydrogen-bond acceptors (Lipinski definition) is 3. The lowest BCUT2D eigenvalue weighted by Gasteiger charge is -2.13. The lowest BCUT2D eigenvalue weighted by atomic mass is 10.2. The molecular formula is C12H15ClO4S. The van der Waals surface area contributed by atoms with Crippen molar-refractivity contribution in [3.8, 4) is 0 Å². The van der Waals surface area contributed by atoms with Crippen LogP contribution in [0, 0.1) is 0 Å². The lowest BCUT2D eigenvalue weighted by molar-refractivity contribution is 0.0696. The van der Waals surface area contributed by atoms with Crippen LogP contribution in [0.4, 0.5) is 0 Å². The fourth-order valence-corrected chi connectivity index (χ4v) is 3.68. The van der Waals surface area contributed by atoms with Crippen LogP contribution >= 0.6 is 11.6 Å². The highest BCUT2D eigenvalue weighted by atomic mass is 35.5. The van der Waals surface area contributed by atoms with Gasteiger partial charge >= 0.3 is 5.97 Å². The van der Waals surface area contributed by atoms with Gasteiger partial charge in [0.2, 0.25) is 0 Å². The third-order valence-corrected chi connectivity index (χ3v) is 5.40. The summed E-state index contributed by atoms with van der Waals surface area (Å²) in [6.07, 6.45) is 1.24. The summed E-state index contributed by atoms with van der Waals surface area (Å²) in [5, 5.41) is 8.35. The Labute approximate surface area is 112 Å². The molecule has 0 aromatic heterocycles. The van der Waals surface area contributed by atoms with Crippen LogP contribution in [-0.4, -0.2) is 24.7 Å². The smallest absolute Gasteiger partial charge is 0.335 e. The molecule has 0 bridgehead atoms. The molecule has 0 fully saturated rings. The van der Waals surface area contributed by atoms with Crippen molar-refractivity contribution in [2.24, 2.45) is 0 Å². The highest BCUT2D eigenvalue weighted by Gasteiger charge is 2.26. The highest BCUT2D eigenvalue weighted by Crippen LogP contribution is 2.27. The average molecular weight is 291 g/mol. The van der Waals surface area contributed by atoms with E-state index in [0.29, 0.717) is 6.42 Å². The quantitative estimate of drug-likeness (QED) is 0.905. The van der Waals surface area contributed by atoms with Crippen molar-refractivity contribution in [3.05, 3.63) is 28.8 Å². The van der Waals surface area contributed by atoms with E-state index in [-0.39, 0.29) is 15.5 Å². The molecule has 0 spiro atoms. The van der Waals surface area contributed by atoms with Crippen LogP contribution in [0.5, 0.6) is 0 Å². The van der Waals surface area contributed by atoms with Crippen LogP contribution in [0.2, 0.25) is 5.02 Å². The van der Waals surface area contributed by atoms with E-state index in [1.165, 1.54) is 12.1 Å². The Kier molecular flexibility index (Phi) is 4.76. The van der Waals surface area contributed by atoms with Gasteiger partial charge in [-0.15, -0.1) is 0 Å². The van der Waals surface area contributed by atoms with Crippen molar-refractivity contribution >= 4 is 27.4 Å². The molecule has 0 saturated heterocycles. The normalized spacial score (nSPS) is 13.3. The van der Waals surface area contributed by atoms with E-state index in [1.54, 1.807) is 6.92 Å². The van der Waals surface area contributed by atoms with Crippen molar-refractivity contribution in [1.82, 2.24) is 0 Å². The van der Waals surface area contributed by atoms with Gasteiger partial charge in [-0.1, -0.05) is 24.9 Å². The number of aromatic carboxylic acids is 1. The monoisotopic (exact) mass is 290 g/mol. The number of carbonyl (C=O) groups is 1. The summed E-state index contributed by atoms with van der Waals surface area (Å²) >= 11 is 5.86. The number of rotatable bonds is 5. The van der Waals surface area contributed by atoms with Crippen molar-refractivity contribution in [2.75, 3.05) is 0 Å². The number of carboxylic acids is 1. The molecule has 1 unspecified atom stereocenters. The summed E-state index contributed by atoms with van der Waals surface area (Å²) in [4.78, 5) is 10.7. The molecule has 4 nitrogen and oxygen atoms in total. The summed E-state index contributed by atoms with van der Waals surface area (Å²) < 4.78 is 24.5. The first-order chi connectivity index (χ1) is 8.30. The van der Waals surface area contributed by atoms with E-state index in [9.17, 15) is 13.2 Å². The molecule has 1 aromatic carbocycles. The second-order valence-electron chi connectivity index (χ2n) is 4.09. The van der Waals surface area contributed by atoms with E-state index >= 15 is 0 Å². The Bertz CT molecular complexity index is 551. The molecular weight excluding hydrogens is 276 g/mol. The third kappa shape index (κ3) is 3.03. The molecule has 100 valence electrons. The molecule has 1 N–H and O–H groups in total. The Morgan fingerprint density at radius 2 is 2.06 bits per heavy atom. The average Bonchev–Trinajstić information content (AvgIpc) is 2.29. The molecule has 0 amide bonds. The maximum absolute atomic E-state index is 12.2. The Hall–Kier alpha value is -1.07. The number of benzene rings is 1. The largest absolute Gasteiger partial charge is 0.478 e. The first kappa shape index (κ1) is 15.0. The summed E-state index contributed by atoms with van der Waals surface area (Å²) in [5.74, 6) is -1.17. The summed E-state index contributed by atoms with van der Waals surface area (Å²) in [6.45, 7) is 3.49. The van der Waals surface area contributed by atoms with E-state index in [0.717, 1.165) is 12.5 Å². The third-order valence-electron chi connectivity index (χ3n) is 2.71. The Balaban J connectivity index is 3.31. The SMILES string of the molecule is CCCC(C)S(=O)(=O)c1cc(C(=O)O)ccc1Cl. The maximum atomic E-state index is 12.2. The number of hydrogen-bond donors (Lipinski definition) is 1. The van der Waals surface area contributed by atoms with Gasteiger partial charge in [-0.25, -0.2) is 13.2 Å². The van der Waals surface area contributed by atoms with Gasteiger partial charge in [-0.05, 0) is 31.5 Å². The van der Waals surface area contributed by atoms with Crippen molar-refractivity contribution in [1.29, 1.82) is 0 Å². The van der Waals surface area contributed by atoms with E-state index < -0.39 is 21.1 Å². The minimum atomic E-state index is -3.58. The minimum Gasteiger partial charge on any atom is -0.478 e. The second-order valence-corrected chi connectivity index (χ2v) is 6.84. The summed E-state index contributed by atoms with van der Waals surface area (Å²) in [7, 11) is -3.58. The van der Waals surface area contributed by atoms with E-state index in [4.69, 9.17) is 16.7 Å². The first-order valence-corrected chi connectivity index (χ1v) is 7.49. The molecule has 1 atom stereocenters. The molecule has 0 radical (unpaired) electrons. The summed E-state index contributed by atoms with van der Waals surface area (Å²) in [6, 6.07) is 3.71. The minimum absolute atomic E-state index is 0.0583. The Morgan fingerprint density at radius 3 is 2.56 bits per heavy atom. The van der Waals surface area contributed by atoms with Gasteiger partial charge in [0.1, 0.15) is 0 Å². The summed E-state index contributed by atoms with van der Waals surface area (Å²) in [5.41, 5.74) is -0.0818. The Morgan fingerprint density at radius 1 is 1.44 bits per heavy atom. The van der Waals surface area contributed by atoms with Crippen LogP contribution in [0.25, 0.3) is 0 Å². The highest BCUT2D eigenvalue weighted by molar-refractivity contribution is 7.92. The van der Waals surface area contributed by atoms with Crippen molar-refractivity contribution in [3.63, 3.8) is 0 Å². The van der Waals surface area contributed by atoms with E-state index in [1.807, 2.05) is 6.92 Å². The van der Waals surface area contributed by atoms with Crippen molar-refractivity contribution < 1.29 is 18.3 Å². The zero-order chi connectivity index (χ0) is 13.9. The van der Waals surface area contributed by atoms with Gasteiger partial charge < -0.3 is 5.11 Å². The molecule has 0 saturated carbocycles. The molecule has 1 aromatic rings. The molecule has 0 aliphatic heterocycles. The van der Waals surface area contributed by atoms with Crippen LogP contribution in [0.3, 0.4) is 0 Å². The molecule has 0 aliphatic rings. The number of carboxylic acid groups (broad SMARTS) is 1. The van der Waals surface area contributed by atoms with Gasteiger partial charge in [-0.2, -0.15) is 0 Å². The van der Waals surface area contributed by atoms with Crippen LogP contribution in [0.15, 0.2) is 23.1 Å². The lowest BCUT2D eigenvalue weighted by Crippen LogP contribution is -2.18. The molecule has 0 aliphatic carbocycles. The predicted molar refractivity (Wildman–Crippen MR) is 70.0 cm³/mol. The zero-order valence-corrected chi connectivity index (χ0v) is 11.8. The standard InChI is InChI=1S/C12H15ClO4S/c1-3-4-8(2)18(16,17)11-7-9(12(14)15)5-6-10(11)13/h5-8H,3-4H2,1-2H3,(H,14,15).